The van der Waals surface area contributed by atoms with Crippen LogP contribution in [-0.4, -0.2) is 31.1 Å². The van der Waals surface area contributed by atoms with Crippen molar-refractivity contribution in [3.63, 3.8) is 0 Å². The van der Waals surface area contributed by atoms with Gasteiger partial charge in [0.15, 0.2) is 0 Å². The Labute approximate surface area is 110 Å². The maximum Gasteiger partial charge on any atom is 0.338 e. The fraction of sp³-hybridized carbons (Fsp3) is 0.308. The van der Waals surface area contributed by atoms with Crippen LogP contribution in [0.5, 0.6) is 0 Å². The van der Waals surface area contributed by atoms with Gasteiger partial charge in [-0.3, -0.25) is 15.0 Å². The minimum Gasteiger partial charge on any atom is -0.462 e. The van der Waals surface area contributed by atoms with Gasteiger partial charge < -0.3 is 4.74 Å². The van der Waals surface area contributed by atoms with Crippen molar-refractivity contribution in [3.8, 4) is 0 Å². The number of ether oxygens (including phenoxy) is 1. The summed E-state index contributed by atoms with van der Waals surface area (Å²) >= 11 is 0. The van der Waals surface area contributed by atoms with Crippen molar-refractivity contribution in [1.82, 2.24) is 5.32 Å². The van der Waals surface area contributed by atoms with Gasteiger partial charge in [0, 0.05) is 5.69 Å². The third-order valence-electron chi connectivity index (χ3n) is 2.65. The number of esters is 1. The molecule has 1 heterocycles. The second-order valence-corrected chi connectivity index (χ2v) is 4.12. The van der Waals surface area contributed by atoms with Crippen molar-refractivity contribution in [2.24, 2.45) is 0 Å². The number of carbonyl (C=O) groups is 3. The van der Waals surface area contributed by atoms with Crippen LogP contribution in [0, 0.1) is 0 Å². The van der Waals surface area contributed by atoms with Gasteiger partial charge in [0.25, 0.3) is 0 Å². The Balaban J connectivity index is 2.08. The zero-order valence-corrected chi connectivity index (χ0v) is 10.5. The average Bonchev–Trinajstić information content (AvgIpc) is 2.75. The molecule has 1 aliphatic rings. The highest BCUT2D eigenvalue weighted by Crippen LogP contribution is 2.18. The fourth-order valence-electron chi connectivity index (χ4n) is 1.71. The number of amides is 3. The van der Waals surface area contributed by atoms with E-state index in [0.29, 0.717) is 17.9 Å². The molecule has 0 atom stereocenters. The molecule has 1 aliphatic heterocycles. The van der Waals surface area contributed by atoms with E-state index in [-0.39, 0.29) is 12.5 Å². The number of anilines is 1. The van der Waals surface area contributed by atoms with Gasteiger partial charge >= 0.3 is 12.0 Å². The first kappa shape index (κ1) is 13.1. The largest absolute Gasteiger partial charge is 0.462 e. The van der Waals surface area contributed by atoms with E-state index < -0.39 is 12.0 Å². The van der Waals surface area contributed by atoms with Crippen LogP contribution in [0.3, 0.4) is 0 Å². The standard InChI is InChI=1S/C13H14N2O4/c1-2-7-19-12(17)9-3-5-10(6-4-9)15-8-11(16)14-13(15)18/h3-6H,2,7-8H2,1H3,(H,14,16,18). The van der Waals surface area contributed by atoms with Crippen LogP contribution in [0.4, 0.5) is 10.5 Å². The van der Waals surface area contributed by atoms with Crippen LogP contribution in [0.25, 0.3) is 0 Å². The molecule has 0 unspecified atom stereocenters. The summed E-state index contributed by atoms with van der Waals surface area (Å²) in [5, 5.41) is 2.19. The lowest BCUT2D eigenvalue weighted by Crippen LogP contribution is -2.27. The van der Waals surface area contributed by atoms with Crippen LogP contribution < -0.4 is 10.2 Å². The quantitative estimate of drug-likeness (QED) is 0.655. The first-order chi connectivity index (χ1) is 9.11. The summed E-state index contributed by atoms with van der Waals surface area (Å²) in [6, 6.07) is 5.92. The van der Waals surface area contributed by atoms with Gasteiger partial charge in [-0.25, -0.2) is 9.59 Å². The number of nitrogens with zero attached hydrogens (tertiary/aromatic N) is 1. The Bertz CT molecular complexity index is 510. The second-order valence-electron chi connectivity index (χ2n) is 4.12. The molecule has 0 aliphatic carbocycles. The summed E-state index contributed by atoms with van der Waals surface area (Å²) in [5.41, 5.74) is 0.985. The number of carbonyl (C=O) groups excluding carboxylic acids is 3. The van der Waals surface area contributed by atoms with Crippen LogP contribution >= 0.6 is 0 Å². The monoisotopic (exact) mass is 262 g/mol. The van der Waals surface area contributed by atoms with Gasteiger partial charge in [-0.1, -0.05) is 6.92 Å². The summed E-state index contributed by atoms with van der Waals surface area (Å²) in [4.78, 5) is 35.4. The smallest absolute Gasteiger partial charge is 0.338 e. The minimum atomic E-state index is -0.452. The Morgan fingerprint density at radius 2 is 2.00 bits per heavy atom. The lowest BCUT2D eigenvalue weighted by molar-refractivity contribution is -0.117. The first-order valence-corrected chi connectivity index (χ1v) is 6.00. The minimum absolute atomic E-state index is 0.00153. The van der Waals surface area contributed by atoms with E-state index in [0.717, 1.165) is 6.42 Å². The van der Waals surface area contributed by atoms with Crippen molar-refractivity contribution in [3.05, 3.63) is 29.8 Å². The molecule has 0 bridgehead atoms. The second kappa shape index (κ2) is 5.51. The molecule has 0 radical (unpaired) electrons. The van der Waals surface area contributed by atoms with E-state index >= 15 is 0 Å². The molecule has 1 aromatic carbocycles. The van der Waals surface area contributed by atoms with E-state index in [2.05, 4.69) is 5.32 Å². The predicted molar refractivity (Wildman–Crippen MR) is 67.9 cm³/mol. The van der Waals surface area contributed by atoms with E-state index in [1.807, 2.05) is 6.92 Å². The number of hydrogen-bond acceptors (Lipinski definition) is 4. The van der Waals surface area contributed by atoms with Crippen molar-refractivity contribution in [2.45, 2.75) is 13.3 Å². The van der Waals surface area contributed by atoms with Crippen molar-refractivity contribution in [1.29, 1.82) is 0 Å². The van der Waals surface area contributed by atoms with E-state index in [1.165, 1.54) is 4.90 Å². The molecule has 0 aromatic heterocycles. The Morgan fingerprint density at radius 1 is 1.32 bits per heavy atom. The third-order valence-corrected chi connectivity index (χ3v) is 2.65. The topological polar surface area (TPSA) is 75.7 Å². The number of hydrogen-bond donors (Lipinski definition) is 1. The molecular weight excluding hydrogens is 248 g/mol. The van der Waals surface area contributed by atoms with Gasteiger partial charge in [0.05, 0.1) is 12.2 Å². The number of urea groups is 1. The van der Waals surface area contributed by atoms with Gasteiger partial charge in [0.1, 0.15) is 6.54 Å². The molecule has 100 valence electrons. The van der Waals surface area contributed by atoms with E-state index in [1.54, 1.807) is 24.3 Å². The Kier molecular flexibility index (Phi) is 3.79. The van der Waals surface area contributed by atoms with E-state index in [9.17, 15) is 14.4 Å². The van der Waals surface area contributed by atoms with Crippen LogP contribution in [0.15, 0.2) is 24.3 Å². The zero-order chi connectivity index (χ0) is 13.8. The summed E-state index contributed by atoms with van der Waals surface area (Å²) in [6.07, 6.45) is 0.764. The zero-order valence-electron chi connectivity index (χ0n) is 10.5. The maximum absolute atomic E-state index is 11.6. The molecule has 3 amide bonds. The molecule has 6 heteroatoms. The van der Waals surface area contributed by atoms with Crippen molar-refractivity contribution < 1.29 is 19.1 Å². The highest BCUT2D eigenvalue weighted by Gasteiger charge is 2.27. The molecule has 19 heavy (non-hydrogen) atoms. The predicted octanol–water partition coefficient (Wildman–Crippen LogP) is 1.31. The van der Waals surface area contributed by atoms with Crippen LogP contribution in [-0.2, 0) is 9.53 Å². The van der Waals surface area contributed by atoms with Gasteiger partial charge in [-0.15, -0.1) is 0 Å². The third kappa shape index (κ3) is 2.90. The summed E-state index contributed by atoms with van der Waals surface area (Å²) < 4.78 is 4.99. The Morgan fingerprint density at radius 3 is 2.53 bits per heavy atom. The van der Waals surface area contributed by atoms with Crippen LogP contribution in [0.1, 0.15) is 23.7 Å². The number of benzene rings is 1. The maximum atomic E-state index is 11.6. The van der Waals surface area contributed by atoms with Gasteiger partial charge in [0.2, 0.25) is 5.91 Å². The number of imide groups is 1. The highest BCUT2D eigenvalue weighted by molar-refractivity contribution is 6.12. The lowest BCUT2D eigenvalue weighted by atomic mass is 10.2. The molecule has 6 nitrogen and oxygen atoms in total. The molecule has 1 N–H and O–H groups in total. The summed E-state index contributed by atoms with van der Waals surface area (Å²) in [7, 11) is 0. The molecular formula is C13H14N2O4. The molecule has 0 saturated carbocycles. The van der Waals surface area contributed by atoms with Crippen molar-refractivity contribution in [2.75, 3.05) is 18.1 Å². The number of rotatable bonds is 4. The molecule has 1 aromatic rings. The van der Waals surface area contributed by atoms with Gasteiger partial charge in [-0.2, -0.15) is 0 Å². The molecule has 1 saturated heterocycles. The average molecular weight is 262 g/mol. The van der Waals surface area contributed by atoms with Crippen molar-refractivity contribution >= 4 is 23.6 Å². The summed E-state index contributed by atoms with van der Waals surface area (Å²) in [6.45, 7) is 2.29. The molecule has 2 rings (SSSR count). The highest BCUT2D eigenvalue weighted by atomic mass is 16.5. The molecule has 1 fully saturated rings. The Hall–Kier alpha value is -2.37. The SMILES string of the molecule is CCCOC(=O)c1ccc(N2CC(=O)NC2=O)cc1. The first-order valence-electron chi connectivity index (χ1n) is 6.00. The normalized spacial score (nSPS) is 14.5. The molecule has 0 spiro atoms. The van der Waals surface area contributed by atoms with E-state index in [4.69, 9.17) is 4.74 Å². The summed E-state index contributed by atoms with van der Waals surface area (Å²) in [5.74, 6) is -0.730. The number of nitrogens with one attached hydrogen (secondary N) is 1. The van der Waals surface area contributed by atoms with Gasteiger partial charge in [-0.05, 0) is 30.7 Å². The lowest BCUT2D eigenvalue weighted by Gasteiger charge is -2.13. The van der Waals surface area contributed by atoms with Crippen LogP contribution in [0.2, 0.25) is 0 Å². The fourth-order valence-corrected chi connectivity index (χ4v) is 1.71.